The minimum atomic E-state index is -3.02. The Balaban J connectivity index is 1.57. The van der Waals surface area contributed by atoms with Crippen LogP contribution in [0.5, 0.6) is 5.75 Å². The average Bonchev–Trinajstić information content (AvgIpc) is 3.33. The zero-order valence-corrected chi connectivity index (χ0v) is 24.2. The molecule has 0 aromatic carbocycles. The van der Waals surface area contributed by atoms with Crippen LogP contribution in [-0.4, -0.2) is 64.4 Å². The highest BCUT2D eigenvalue weighted by Crippen LogP contribution is 2.36. The lowest BCUT2D eigenvalue weighted by atomic mass is 9.90. The molecule has 5 heterocycles. The van der Waals surface area contributed by atoms with E-state index < -0.39 is 9.84 Å². The van der Waals surface area contributed by atoms with Crippen molar-refractivity contribution in [1.29, 1.82) is 0 Å². The van der Waals surface area contributed by atoms with Gasteiger partial charge < -0.3 is 9.64 Å². The fourth-order valence-electron chi connectivity index (χ4n) is 5.11. The molecule has 0 spiro atoms. The van der Waals surface area contributed by atoms with Crippen LogP contribution in [0.3, 0.4) is 0 Å². The van der Waals surface area contributed by atoms with Gasteiger partial charge in [-0.15, -0.1) is 0 Å². The van der Waals surface area contributed by atoms with E-state index in [2.05, 4.69) is 43.6 Å². The number of nitrogens with zero attached hydrogens (tertiary/aromatic N) is 6. The summed E-state index contributed by atoms with van der Waals surface area (Å²) in [6.07, 6.45) is 7.56. The normalized spacial score (nSPS) is 17.6. The molecule has 39 heavy (non-hydrogen) atoms. The number of aromatic nitrogens is 5. The molecule has 0 saturated carbocycles. The number of hydrogen-bond acceptors (Lipinski definition) is 8. The molecule has 1 fully saturated rings. The van der Waals surface area contributed by atoms with Crippen molar-refractivity contribution >= 4 is 26.4 Å². The summed E-state index contributed by atoms with van der Waals surface area (Å²) in [4.78, 5) is 16.4. The molecule has 0 aliphatic carbocycles. The Bertz CT molecular complexity index is 1610. The van der Waals surface area contributed by atoms with Gasteiger partial charge in [0.15, 0.2) is 5.82 Å². The molecule has 1 saturated heterocycles. The summed E-state index contributed by atoms with van der Waals surface area (Å²) in [5.74, 6) is 2.00. The van der Waals surface area contributed by atoms with Crippen molar-refractivity contribution < 1.29 is 13.2 Å². The molecule has 9 nitrogen and oxygen atoms in total. The number of ether oxygens (including phenoxy) is 1. The maximum Gasteiger partial charge on any atom is 0.156 e. The minimum absolute atomic E-state index is 0.115. The first-order valence-corrected chi connectivity index (χ1v) is 15.5. The van der Waals surface area contributed by atoms with Crippen LogP contribution in [0.25, 0.3) is 28.0 Å². The molecule has 2 atom stereocenters. The van der Waals surface area contributed by atoms with Crippen LogP contribution in [0.15, 0.2) is 42.9 Å². The zero-order valence-electron chi connectivity index (χ0n) is 23.4. The maximum absolute atomic E-state index is 11.9. The molecular formula is C29H36N6O3S. The molecule has 5 rings (SSSR count). The lowest BCUT2D eigenvalue weighted by molar-refractivity contribution is 0.318. The topological polar surface area (TPSA) is 103 Å². The molecule has 4 aromatic heterocycles. The van der Waals surface area contributed by atoms with Gasteiger partial charge in [-0.1, -0.05) is 20.8 Å². The Morgan fingerprint density at radius 2 is 1.95 bits per heavy atom. The van der Waals surface area contributed by atoms with Crippen molar-refractivity contribution in [2.45, 2.75) is 53.0 Å². The second-order valence-electron chi connectivity index (χ2n) is 10.8. The molecule has 4 aromatic rings. The van der Waals surface area contributed by atoms with Crippen molar-refractivity contribution in [2.75, 3.05) is 30.1 Å². The van der Waals surface area contributed by atoms with E-state index in [0.717, 1.165) is 57.2 Å². The summed E-state index contributed by atoms with van der Waals surface area (Å²) >= 11 is 0. The van der Waals surface area contributed by atoms with Gasteiger partial charge in [0.2, 0.25) is 0 Å². The monoisotopic (exact) mass is 548 g/mol. The predicted octanol–water partition coefficient (Wildman–Crippen LogP) is 4.97. The number of pyridine rings is 3. The van der Waals surface area contributed by atoms with Gasteiger partial charge in [-0.25, -0.2) is 18.1 Å². The summed E-state index contributed by atoms with van der Waals surface area (Å²) in [6, 6.07) is 8.16. The third-order valence-corrected chi connectivity index (χ3v) is 8.39. The van der Waals surface area contributed by atoms with Crippen LogP contribution >= 0.6 is 0 Å². The first-order valence-electron chi connectivity index (χ1n) is 13.4. The Labute approximate surface area is 230 Å². The van der Waals surface area contributed by atoms with E-state index in [1.54, 1.807) is 12.4 Å². The van der Waals surface area contributed by atoms with E-state index >= 15 is 0 Å². The smallest absolute Gasteiger partial charge is 0.156 e. The number of rotatable bonds is 9. The van der Waals surface area contributed by atoms with Gasteiger partial charge in [0.05, 0.1) is 35.3 Å². The van der Waals surface area contributed by atoms with Crippen LogP contribution in [-0.2, 0) is 9.84 Å². The SMILES string of the molecule is CCCOc1ccncc1-c1cc2c(cnn2-c2cc(N3C[C@H](CS(C)(=O)=O)[C@H]3C)cc(C(C)C)n2)c(C)n1. The molecule has 0 radical (unpaired) electrons. The van der Waals surface area contributed by atoms with Crippen LogP contribution in [0, 0.1) is 12.8 Å². The van der Waals surface area contributed by atoms with Crippen molar-refractivity contribution in [1.82, 2.24) is 24.7 Å². The third kappa shape index (κ3) is 5.48. The first-order chi connectivity index (χ1) is 18.6. The molecular weight excluding hydrogens is 512 g/mol. The Hall–Kier alpha value is -3.53. The summed E-state index contributed by atoms with van der Waals surface area (Å²) in [5.41, 5.74) is 5.34. The zero-order chi connectivity index (χ0) is 27.9. The highest BCUT2D eigenvalue weighted by molar-refractivity contribution is 7.90. The molecule has 1 aliphatic rings. The lowest BCUT2D eigenvalue weighted by Gasteiger charge is -2.48. The fourth-order valence-corrected chi connectivity index (χ4v) is 6.27. The Morgan fingerprint density at radius 1 is 1.15 bits per heavy atom. The number of hydrogen-bond donors (Lipinski definition) is 0. The van der Waals surface area contributed by atoms with E-state index in [0.29, 0.717) is 13.2 Å². The Kier molecular flexibility index (Phi) is 7.33. The molecule has 206 valence electrons. The van der Waals surface area contributed by atoms with Gasteiger partial charge in [-0.05, 0) is 44.4 Å². The molecule has 0 unspecified atom stereocenters. The largest absolute Gasteiger partial charge is 0.493 e. The average molecular weight is 549 g/mol. The number of aryl methyl sites for hydroxylation is 1. The standard InChI is InChI=1S/C29H36N6O3S/c1-7-10-38-28-8-9-30-14-24(28)26-13-27-23(19(4)32-26)15-31-35(27)29-12-22(11-25(33-29)18(2)3)34-16-21(20(34)5)17-39(6,36)37/h8-9,11-15,18,20-21H,7,10,16-17H2,1-6H3/t20-,21-/m1/s1. The van der Waals surface area contributed by atoms with Crippen LogP contribution in [0.2, 0.25) is 0 Å². The van der Waals surface area contributed by atoms with Crippen molar-refractivity contribution in [3.05, 3.63) is 54.2 Å². The Morgan fingerprint density at radius 3 is 2.64 bits per heavy atom. The lowest BCUT2D eigenvalue weighted by Crippen LogP contribution is -2.57. The second-order valence-corrected chi connectivity index (χ2v) is 13.0. The minimum Gasteiger partial charge on any atom is -0.493 e. The highest BCUT2D eigenvalue weighted by atomic mass is 32.2. The van der Waals surface area contributed by atoms with Crippen LogP contribution in [0.1, 0.15) is 51.4 Å². The van der Waals surface area contributed by atoms with E-state index in [9.17, 15) is 8.42 Å². The van der Waals surface area contributed by atoms with Gasteiger partial charge in [0.25, 0.3) is 0 Å². The predicted molar refractivity (Wildman–Crippen MR) is 155 cm³/mol. The van der Waals surface area contributed by atoms with Crippen molar-refractivity contribution in [3.63, 3.8) is 0 Å². The van der Waals surface area contributed by atoms with E-state index in [1.165, 1.54) is 6.26 Å². The van der Waals surface area contributed by atoms with Crippen LogP contribution < -0.4 is 9.64 Å². The van der Waals surface area contributed by atoms with Gasteiger partial charge >= 0.3 is 0 Å². The number of anilines is 1. The third-order valence-electron chi connectivity index (χ3n) is 7.35. The molecule has 1 aliphatic heterocycles. The summed E-state index contributed by atoms with van der Waals surface area (Å²) < 4.78 is 31.6. The highest BCUT2D eigenvalue weighted by Gasteiger charge is 2.38. The van der Waals surface area contributed by atoms with Gasteiger partial charge in [0, 0.05) is 65.7 Å². The van der Waals surface area contributed by atoms with Gasteiger partial charge in [0.1, 0.15) is 15.6 Å². The first kappa shape index (κ1) is 27.1. The summed E-state index contributed by atoms with van der Waals surface area (Å²) in [7, 11) is -3.02. The number of sulfone groups is 1. The fraction of sp³-hybridized carbons (Fsp3) is 0.448. The van der Waals surface area contributed by atoms with Gasteiger partial charge in [-0.2, -0.15) is 5.10 Å². The van der Waals surface area contributed by atoms with E-state index in [-0.39, 0.29) is 23.6 Å². The van der Waals surface area contributed by atoms with Crippen molar-refractivity contribution in [3.8, 4) is 22.8 Å². The maximum atomic E-state index is 11.9. The van der Waals surface area contributed by atoms with Crippen molar-refractivity contribution in [2.24, 2.45) is 5.92 Å². The molecule has 0 bridgehead atoms. The summed E-state index contributed by atoms with van der Waals surface area (Å²) in [5, 5.41) is 5.68. The molecule has 0 N–H and O–H groups in total. The second kappa shape index (κ2) is 10.6. The summed E-state index contributed by atoms with van der Waals surface area (Å²) in [6.45, 7) is 11.7. The van der Waals surface area contributed by atoms with Gasteiger partial charge in [-0.3, -0.25) is 9.97 Å². The number of fused-ring (bicyclic) bond motifs is 1. The molecule has 10 heteroatoms. The van der Waals surface area contributed by atoms with E-state index in [4.69, 9.17) is 19.8 Å². The van der Waals surface area contributed by atoms with Crippen LogP contribution in [0.4, 0.5) is 5.69 Å². The van der Waals surface area contributed by atoms with E-state index in [1.807, 2.05) is 36.0 Å². The molecule has 0 amide bonds. The quantitative estimate of drug-likeness (QED) is 0.289.